The van der Waals surface area contributed by atoms with Gasteiger partial charge in [-0.25, -0.2) is 19.2 Å². The minimum Gasteiger partial charge on any atom is -0.443 e. The molecule has 0 bridgehead atoms. The number of rotatable bonds is 3. The average molecular weight is 413 g/mol. The number of anilines is 1. The first-order chi connectivity index (χ1) is 13.8. The molecular formula is C21H24FN5O3. The molecule has 0 aromatic carbocycles. The number of nitrogens with one attached hydrogen (secondary N) is 1. The van der Waals surface area contributed by atoms with Crippen molar-refractivity contribution >= 4 is 28.7 Å². The van der Waals surface area contributed by atoms with Crippen LogP contribution in [0.5, 0.6) is 0 Å². The molecule has 3 aromatic rings. The molecule has 3 aromatic heterocycles. The van der Waals surface area contributed by atoms with Crippen LogP contribution in [0.2, 0.25) is 0 Å². The van der Waals surface area contributed by atoms with Crippen LogP contribution in [0.3, 0.4) is 0 Å². The van der Waals surface area contributed by atoms with Crippen LogP contribution in [0.4, 0.5) is 15.0 Å². The van der Waals surface area contributed by atoms with E-state index in [0.29, 0.717) is 28.0 Å². The van der Waals surface area contributed by atoms with Crippen LogP contribution in [-0.4, -0.2) is 37.1 Å². The van der Waals surface area contributed by atoms with Gasteiger partial charge in [-0.1, -0.05) is 0 Å². The Hall–Kier alpha value is -3.36. The minimum absolute atomic E-state index is 0.161. The molecule has 1 N–H and O–H groups in total. The summed E-state index contributed by atoms with van der Waals surface area (Å²) in [5, 5.41) is 3.20. The second-order valence-corrected chi connectivity index (χ2v) is 8.42. The second kappa shape index (κ2) is 7.47. The molecule has 30 heavy (non-hydrogen) atoms. The van der Waals surface area contributed by atoms with Crippen molar-refractivity contribution in [2.24, 2.45) is 0 Å². The summed E-state index contributed by atoms with van der Waals surface area (Å²) >= 11 is 0. The van der Waals surface area contributed by atoms with E-state index >= 15 is 0 Å². The van der Waals surface area contributed by atoms with Crippen LogP contribution >= 0.6 is 0 Å². The Morgan fingerprint density at radius 3 is 2.43 bits per heavy atom. The summed E-state index contributed by atoms with van der Waals surface area (Å²) in [6.45, 7) is 9.46. The SMILES string of the molecule is CC(=O)Nc1cc2c(-c3cncc(C(C)(C)F)n3)cn(C(=O)OC(C)(C)C)c2cn1. The molecule has 9 heteroatoms. The van der Waals surface area contributed by atoms with Crippen LogP contribution in [0, 0.1) is 0 Å². The molecule has 0 saturated heterocycles. The second-order valence-electron chi connectivity index (χ2n) is 8.42. The van der Waals surface area contributed by atoms with Crippen molar-refractivity contribution in [3.05, 3.63) is 36.5 Å². The number of nitrogens with zero attached hydrogens (tertiary/aromatic N) is 4. The van der Waals surface area contributed by atoms with Crippen molar-refractivity contribution in [3.8, 4) is 11.3 Å². The van der Waals surface area contributed by atoms with Crippen molar-refractivity contribution in [1.82, 2.24) is 19.5 Å². The summed E-state index contributed by atoms with van der Waals surface area (Å²) in [6, 6.07) is 1.63. The summed E-state index contributed by atoms with van der Waals surface area (Å²) < 4.78 is 21.2. The highest BCUT2D eigenvalue weighted by Gasteiger charge is 2.25. The summed E-state index contributed by atoms with van der Waals surface area (Å²) in [4.78, 5) is 36.9. The van der Waals surface area contributed by atoms with Gasteiger partial charge in [0.1, 0.15) is 17.1 Å². The summed E-state index contributed by atoms with van der Waals surface area (Å²) in [7, 11) is 0. The van der Waals surface area contributed by atoms with Gasteiger partial charge in [0.2, 0.25) is 5.91 Å². The number of alkyl halides is 1. The molecular weight excluding hydrogens is 389 g/mol. The third-order valence-electron chi connectivity index (χ3n) is 4.10. The standard InChI is InChI=1S/C21H24FN5O3/c1-12(28)25-18-7-13-14(15-8-23-10-17(26-15)21(5,6)22)11-27(16(13)9-24-18)19(29)30-20(2,3)4/h7-11H,1-6H3,(H,24,25,28). The van der Waals surface area contributed by atoms with Crippen molar-refractivity contribution in [1.29, 1.82) is 0 Å². The van der Waals surface area contributed by atoms with Crippen molar-refractivity contribution < 1.29 is 18.7 Å². The topological polar surface area (TPSA) is 99.0 Å². The normalized spacial score (nSPS) is 12.1. The van der Waals surface area contributed by atoms with Gasteiger partial charge in [0.25, 0.3) is 0 Å². The van der Waals surface area contributed by atoms with Crippen molar-refractivity contribution in [2.45, 2.75) is 52.8 Å². The van der Waals surface area contributed by atoms with E-state index in [1.807, 2.05) is 0 Å². The molecule has 0 radical (unpaired) electrons. The lowest BCUT2D eigenvalue weighted by Crippen LogP contribution is -2.26. The number of hydrogen-bond donors (Lipinski definition) is 1. The van der Waals surface area contributed by atoms with Gasteiger partial charge in [-0.3, -0.25) is 14.3 Å². The van der Waals surface area contributed by atoms with E-state index in [4.69, 9.17) is 4.74 Å². The zero-order valence-corrected chi connectivity index (χ0v) is 17.8. The molecule has 158 valence electrons. The van der Waals surface area contributed by atoms with Crippen LogP contribution < -0.4 is 5.32 Å². The van der Waals surface area contributed by atoms with Crippen molar-refractivity contribution in [3.63, 3.8) is 0 Å². The average Bonchev–Trinajstić information content (AvgIpc) is 2.98. The highest BCUT2D eigenvalue weighted by Crippen LogP contribution is 2.32. The van der Waals surface area contributed by atoms with Crippen LogP contribution in [0.25, 0.3) is 22.2 Å². The van der Waals surface area contributed by atoms with Gasteiger partial charge in [-0.2, -0.15) is 0 Å². The Bertz CT molecular complexity index is 1130. The fraction of sp³-hybridized carbons (Fsp3) is 0.381. The molecule has 3 heterocycles. The van der Waals surface area contributed by atoms with E-state index in [1.54, 1.807) is 33.0 Å². The molecule has 0 saturated carbocycles. The van der Waals surface area contributed by atoms with E-state index in [0.717, 1.165) is 0 Å². The highest BCUT2D eigenvalue weighted by molar-refractivity contribution is 6.01. The maximum absolute atomic E-state index is 14.4. The first kappa shape index (κ1) is 21.4. The smallest absolute Gasteiger partial charge is 0.419 e. The molecule has 0 spiro atoms. The lowest BCUT2D eigenvalue weighted by atomic mass is 10.1. The highest BCUT2D eigenvalue weighted by atomic mass is 19.1. The molecule has 0 aliphatic rings. The Morgan fingerprint density at radius 1 is 1.13 bits per heavy atom. The molecule has 0 aliphatic heterocycles. The number of amides is 1. The lowest BCUT2D eigenvalue weighted by molar-refractivity contribution is -0.114. The van der Waals surface area contributed by atoms with Gasteiger partial charge < -0.3 is 10.1 Å². The maximum Gasteiger partial charge on any atom is 0.419 e. The fourth-order valence-corrected chi connectivity index (χ4v) is 2.82. The number of carbonyl (C=O) groups excluding carboxylic acids is 2. The summed E-state index contributed by atoms with van der Waals surface area (Å²) in [5.41, 5.74) is -0.853. The Kier molecular flexibility index (Phi) is 5.32. The fourth-order valence-electron chi connectivity index (χ4n) is 2.82. The lowest BCUT2D eigenvalue weighted by Gasteiger charge is -2.19. The Balaban J connectivity index is 2.22. The van der Waals surface area contributed by atoms with E-state index in [1.165, 1.54) is 43.9 Å². The predicted octanol–water partition coefficient (Wildman–Crippen LogP) is 4.44. The zero-order valence-electron chi connectivity index (χ0n) is 17.8. The molecule has 0 fully saturated rings. The summed E-state index contributed by atoms with van der Waals surface area (Å²) in [5.74, 6) is 0.0315. The predicted molar refractivity (Wildman–Crippen MR) is 111 cm³/mol. The van der Waals surface area contributed by atoms with Gasteiger partial charge in [0.05, 0.1) is 35.5 Å². The molecule has 0 aliphatic carbocycles. The number of halogens is 1. The van der Waals surface area contributed by atoms with E-state index in [-0.39, 0.29) is 11.6 Å². The van der Waals surface area contributed by atoms with E-state index < -0.39 is 17.4 Å². The largest absolute Gasteiger partial charge is 0.443 e. The number of carbonyl (C=O) groups is 2. The van der Waals surface area contributed by atoms with E-state index in [2.05, 4.69) is 20.3 Å². The number of fused-ring (bicyclic) bond motifs is 1. The van der Waals surface area contributed by atoms with Crippen LogP contribution in [0.1, 0.15) is 47.2 Å². The first-order valence-corrected chi connectivity index (χ1v) is 9.39. The Morgan fingerprint density at radius 2 is 1.83 bits per heavy atom. The number of aromatic nitrogens is 4. The van der Waals surface area contributed by atoms with Gasteiger partial charge in [-0.15, -0.1) is 0 Å². The number of ether oxygens (including phenoxy) is 1. The minimum atomic E-state index is -1.69. The maximum atomic E-state index is 14.4. The van der Waals surface area contributed by atoms with Gasteiger partial charge in [0, 0.05) is 24.1 Å². The molecule has 8 nitrogen and oxygen atoms in total. The molecule has 0 unspecified atom stereocenters. The number of pyridine rings is 1. The monoisotopic (exact) mass is 413 g/mol. The third kappa shape index (κ3) is 4.61. The van der Waals surface area contributed by atoms with Gasteiger partial charge in [-0.05, 0) is 40.7 Å². The van der Waals surface area contributed by atoms with Crippen LogP contribution in [0.15, 0.2) is 30.9 Å². The molecule has 0 atom stereocenters. The van der Waals surface area contributed by atoms with Gasteiger partial charge >= 0.3 is 6.09 Å². The molecule has 1 amide bonds. The third-order valence-corrected chi connectivity index (χ3v) is 4.10. The number of hydrogen-bond acceptors (Lipinski definition) is 6. The zero-order chi connectivity index (χ0) is 22.3. The van der Waals surface area contributed by atoms with Crippen LogP contribution in [-0.2, 0) is 15.2 Å². The molecule has 3 rings (SSSR count). The van der Waals surface area contributed by atoms with Crippen molar-refractivity contribution in [2.75, 3.05) is 5.32 Å². The first-order valence-electron chi connectivity index (χ1n) is 9.39. The Labute approximate surface area is 173 Å². The van der Waals surface area contributed by atoms with Gasteiger partial charge in [0.15, 0.2) is 0 Å². The quantitative estimate of drug-likeness (QED) is 0.682. The summed E-state index contributed by atoms with van der Waals surface area (Å²) in [6.07, 6.45) is 5.27. The van der Waals surface area contributed by atoms with E-state index in [9.17, 15) is 14.0 Å².